The highest BCUT2D eigenvalue weighted by atomic mass is 16.6. The predicted molar refractivity (Wildman–Crippen MR) is 136 cm³/mol. The van der Waals surface area contributed by atoms with Gasteiger partial charge >= 0.3 is 5.97 Å². The minimum atomic E-state index is -0.925. The number of hydrogen-bond donors (Lipinski definition) is 1. The first-order valence-corrected chi connectivity index (χ1v) is 11.9. The number of Topliss-reactive ketones (excluding diaryl/α,β-unsaturated/α-hetero) is 1. The Labute approximate surface area is 213 Å². The van der Waals surface area contributed by atoms with E-state index in [2.05, 4.69) is 0 Å². The lowest BCUT2D eigenvalue weighted by atomic mass is 9.94. The molecule has 0 spiro atoms. The third kappa shape index (κ3) is 4.42. The molecule has 8 nitrogen and oxygen atoms in total. The minimum absolute atomic E-state index is 0.0613. The molecule has 5 rings (SSSR count). The van der Waals surface area contributed by atoms with Crippen LogP contribution in [0.4, 0.5) is 5.69 Å². The van der Waals surface area contributed by atoms with Crippen molar-refractivity contribution in [1.29, 1.82) is 0 Å². The zero-order valence-electron chi connectivity index (χ0n) is 20.4. The molecule has 2 heterocycles. The van der Waals surface area contributed by atoms with E-state index >= 15 is 0 Å². The van der Waals surface area contributed by atoms with Crippen LogP contribution in [0.3, 0.4) is 0 Å². The molecule has 2 aliphatic rings. The molecule has 1 saturated heterocycles. The third-order valence-corrected chi connectivity index (χ3v) is 6.25. The van der Waals surface area contributed by atoms with E-state index < -0.39 is 23.7 Å². The normalized spacial score (nSPS) is 18.1. The highest BCUT2D eigenvalue weighted by molar-refractivity contribution is 6.51. The van der Waals surface area contributed by atoms with Gasteiger partial charge in [0.05, 0.1) is 23.8 Å². The number of fused-ring (bicyclic) bond motifs is 1. The summed E-state index contributed by atoms with van der Waals surface area (Å²) in [5, 5.41) is 11.4. The van der Waals surface area contributed by atoms with Crippen LogP contribution in [0.25, 0.3) is 5.76 Å². The average Bonchev–Trinajstić information content (AvgIpc) is 3.18. The van der Waals surface area contributed by atoms with E-state index in [0.29, 0.717) is 41.5 Å². The summed E-state index contributed by atoms with van der Waals surface area (Å²) < 4.78 is 16.3. The van der Waals surface area contributed by atoms with Gasteiger partial charge in [0.2, 0.25) is 0 Å². The van der Waals surface area contributed by atoms with Crippen LogP contribution in [-0.2, 0) is 14.3 Å². The van der Waals surface area contributed by atoms with Crippen molar-refractivity contribution in [3.8, 4) is 11.5 Å². The van der Waals surface area contributed by atoms with Crippen LogP contribution in [0.15, 0.2) is 72.3 Å². The van der Waals surface area contributed by atoms with Crippen molar-refractivity contribution in [2.24, 2.45) is 0 Å². The number of aliphatic hydroxyl groups excluding tert-OH is 1. The molecule has 1 N–H and O–H groups in total. The van der Waals surface area contributed by atoms with Gasteiger partial charge in [-0.2, -0.15) is 0 Å². The number of nitrogens with zero attached hydrogens (tertiary/aromatic N) is 1. The van der Waals surface area contributed by atoms with E-state index in [4.69, 9.17) is 14.2 Å². The number of esters is 1. The summed E-state index contributed by atoms with van der Waals surface area (Å²) in [6, 6.07) is 17.7. The molecule has 0 radical (unpaired) electrons. The fraction of sp³-hybridized carbons (Fsp3) is 0.207. The average molecular weight is 500 g/mol. The number of anilines is 1. The first-order valence-electron chi connectivity index (χ1n) is 11.9. The van der Waals surface area contributed by atoms with Gasteiger partial charge in [-0.25, -0.2) is 4.79 Å². The van der Waals surface area contributed by atoms with Crippen LogP contribution in [0.5, 0.6) is 11.5 Å². The Hall–Kier alpha value is -4.59. The summed E-state index contributed by atoms with van der Waals surface area (Å²) in [6.07, 6.45) is 0. The third-order valence-electron chi connectivity index (χ3n) is 6.25. The number of hydrogen-bond acceptors (Lipinski definition) is 7. The monoisotopic (exact) mass is 499 g/mol. The molecule has 1 atom stereocenters. The molecule has 188 valence electrons. The van der Waals surface area contributed by atoms with E-state index in [1.807, 2.05) is 25.1 Å². The molecule has 3 aromatic rings. The van der Waals surface area contributed by atoms with E-state index in [9.17, 15) is 19.5 Å². The van der Waals surface area contributed by atoms with Crippen molar-refractivity contribution in [2.75, 3.05) is 24.7 Å². The Morgan fingerprint density at radius 3 is 2.49 bits per heavy atom. The first-order chi connectivity index (χ1) is 17.9. The summed E-state index contributed by atoms with van der Waals surface area (Å²) in [6.45, 7) is 4.59. The van der Waals surface area contributed by atoms with E-state index in [-0.39, 0.29) is 23.5 Å². The molecule has 3 aromatic carbocycles. The zero-order valence-corrected chi connectivity index (χ0v) is 20.4. The van der Waals surface area contributed by atoms with Crippen molar-refractivity contribution >= 4 is 29.1 Å². The molecule has 37 heavy (non-hydrogen) atoms. The van der Waals surface area contributed by atoms with Crippen LogP contribution in [0.1, 0.15) is 40.0 Å². The number of ether oxygens (including phenoxy) is 3. The maximum absolute atomic E-state index is 13.4. The minimum Gasteiger partial charge on any atom is -0.507 e. The largest absolute Gasteiger partial charge is 0.507 e. The Kier molecular flexibility index (Phi) is 6.40. The van der Waals surface area contributed by atoms with E-state index in [1.165, 1.54) is 11.0 Å². The fourth-order valence-corrected chi connectivity index (χ4v) is 4.60. The van der Waals surface area contributed by atoms with Crippen molar-refractivity contribution in [1.82, 2.24) is 0 Å². The lowest BCUT2D eigenvalue weighted by molar-refractivity contribution is -0.132. The van der Waals surface area contributed by atoms with E-state index in [0.717, 1.165) is 5.56 Å². The highest BCUT2D eigenvalue weighted by Crippen LogP contribution is 2.43. The Morgan fingerprint density at radius 2 is 1.73 bits per heavy atom. The predicted octanol–water partition coefficient (Wildman–Crippen LogP) is 4.57. The van der Waals surface area contributed by atoms with Crippen LogP contribution >= 0.6 is 0 Å². The Bertz CT molecular complexity index is 1440. The molecular weight excluding hydrogens is 474 g/mol. The van der Waals surface area contributed by atoms with Crippen LogP contribution in [0.2, 0.25) is 0 Å². The van der Waals surface area contributed by atoms with Gasteiger partial charge in [-0.3, -0.25) is 14.5 Å². The number of carbonyl (C=O) groups is 3. The van der Waals surface area contributed by atoms with Gasteiger partial charge in [0.25, 0.3) is 11.7 Å². The number of amides is 1. The molecule has 8 heteroatoms. The van der Waals surface area contributed by atoms with Crippen LogP contribution in [-0.4, -0.2) is 42.6 Å². The van der Waals surface area contributed by atoms with Gasteiger partial charge in [-0.15, -0.1) is 0 Å². The summed E-state index contributed by atoms with van der Waals surface area (Å²) in [4.78, 5) is 40.5. The van der Waals surface area contributed by atoms with E-state index in [1.54, 1.807) is 49.4 Å². The summed E-state index contributed by atoms with van der Waals surface area (Å²) in [5.74, 6) is -1.53. The van der Waals surface area contributed by atoms with Gasteiger partial charge in [0.15, 0.2) is 11.5 Å². The lowest BCUT2D eigenvalue weighted by Gasteiger charge is -2.26. The Morgan fingerprint density at radius 1 is 0.973 bits per heavy atom. The molecule has 0 saturated carbocycles. The quantitative estimate of drug-likeness (QED) is 0.237. The maximum Gasteiger partial charge on any atom is 0.338 e. The number of ketones is 1. The van der Waals surface area contributed by atoms with Crippen molar-refractivity contribution in [3.05, 3.63) is 94.6 Å². The number of benzene rings is 3. The van der Waals surface area contributed by atoms with Gasteiger partial charge in [-0.1, -0.05) is 35.9 Å². The summed E-state index contributed by atoms with van der Waals surface area (Å²) in [7, 11) is 0. The van der Waals surface area contributed by atoms with Crippen molar-refractivity contribution in [2.45, 2.75) is 19.9 Å². The number of aryl methyl sites for hydroxylation is 1. The molecular formula is C29H25NO7. The highest BCUT2D eigenvalue weighted by Gasteiger charge is 2.47. The second-order valence-corrected chi connectivity index (χ2v) is 8.71. The van der Waals surface area contributed by atoms with Gasteiger partial charge < -0.3 is 19.3 Å². The zero-order chi connectivity index (χ0) is 26.1. The summed E-state index contributed by atoms with van der Waals surface area (Å²) >= 11 is 0. The second kappa shape index (κ2) is 9.81. The molecule has 1 amide bonds. The standard InChI is InChI=1S/C29H25NO7/c1-3-35-29(34)20-8-5-9-21(15-20)30-25(18-7-4-6-17(2)14-18)24(27(32)28(30)33)26(31)19-10-11-22-23(16-19)37-13-12-36-22/h4-11,14-16,25,31H,3,12-13H2,1-2H3/b26-24-. The first kappa shape index (κ1) is 24.1. The summed E-state index contributed by atoms with van der Waals surface area (Å²) in [5.41, 5.74) is 2.40. The van der Waals surface area contributed by atoms with Gasteiger partial charge in [-0.05, 0) is 55.8 Å². The second-order valence-electron chi connectivity index (χ2n) is 8.71. The fourth-order valence-electron chi connectivity index (χ4n) is 4.60. The van der Waals surface area contributed by atoms with Crippen LogP contribution in [0, 0.1) is 6.92 Å². The molecule has 0 aromatic heterocycles. The van der Waals surface area contributed by atoms with Gasteiger partial charge in [0.1, 0.15) is 19.0 Å². The van der Waals surface area contributed by atoms with Crippen LogP contribution < -0.4 is 14.4 Å². The smallest absolute Gasteiger partial charge is 0.338 e. The molecule has 0 aliphatic carbocycles. The Balaban J connectivity index is 1.67. The molecule has 1 unspecified atom stereocenters. The SMILES string of the molecule is CCOC(=O)c1cccc(N2C(=O)C(=O)/C(=C(\O)c3ccc4c(c3)OCCO4)C2c2cccc(C)c2)c1. The molecule has 0 bridgehead atoms. The van der Waals surface area contributed by atoms with Crippen molar-refractivity contribution in [3.63, 3.8) is 0 Å². The number of aliphatic hydroxyl groups is 1. The maximum atomic E-state index is 13.4. The number of carbonyl (C=O) groups excluding carboxylic acids is 3. The lowest BCUT2D eigenvalue weighted by Crippen LogP contribution is -2.29. The number of rotatable bonds is 5. The van der Waals surface area contributed by atoms with Gasteiger partial charge in [0, 0.05) is 11.3 Å². The topological polar surface area (TPSA) is 102 Å². The molecule has 1 fully saturated rings. The molecule has 2 aliphatic heterocycles. The van der Waals surface area contributed by atoms with Crippen molar-refractivity contribution < 1.29 is 33.7 Å².